The zero-order valence-corrected chi connectivity index (χ0v) is 7.40. The molecule has 1 heterocycles. The summed E-state index contributed by atoms with van der Waals surface area (Å²) in [6.45, 7) is 4.26. The van der Waals surface area contributed by atoms with Crippen molar-refractivity contribution < 1.29 is 0 Å². The molecule has 0 aliphatic rings. The summed E-state index contributed by atoms with van der Waals surface area (Å²) >= 11 is 0. The lowest BCUT2D eigenvalue weighted by Crippen LogP contribution is -2.32. The molecular formula is C8H13N3O. The van der Waals surface area contributed by atoms with Gasteiger partial charge in [0, 0.05) is 12.4 Å². The molecule has 1 aromatic heterocycles. The Labute approximate surface area is 71.6 Å². The van der Waals surface area contributed by atoms with Gasteiger partial charge in [-0.2, -0.15) is 10.0 Å². The summed E-state index contributed by atoms with van der Waals surface area (Å²) in [6, 6.07) is 1.85. The second kappa shape index (κ2) is 3.47. The molecule has 0 N–H and O–H groups in total. The third kappa shape index (κ3) is 1.52. The number of hydrogen-bond acceptors (Lipinski definition) is 3. The minimum atomic E-state index is -0.259. The SMILES string of the molecule is CCC(C)(CN=O)n1cccn1. The van der Waals surface area contributed by atoms with Crippen LogP contribution in [-0.2, 0) is 5.54 Å². The third-order valence-electron chi connectivity index (χ3n) is 2.22. The first-order chi connectivity index (χ1) is 5.73. The maximum atomic E-state index is 10.2. The summed E-state index contributed by atoms with van der Waals surface area (Å²) in [5.74, 6) is 0. The second-order valence-corrected chi connectivity index (χ2v) is 3.09. The van der Waals surface area contributed by atoms with Crippen molar-refractivity contribution in [3.8, 4) is 0 Å². The molecule has 12 heavy (non-hydrogen) atoms. The molecule has 1 atom stereocenters. The topological polar surface area (TPSA) is 47.2 Å². The lowest BCUT2D eigenvalue weighted by molar-refractivity contribution is 0.285. The Morgan fingerprint density at radius 3 is 2.83 bits per heavy atom. The highest BCUT2D eigenvalue weighted by molar-refractivity contribution is 4.88. The molecule has 66 valence electrons. The smallest absolute Gasteiger partial charge is 0.106 e. The summed E-state index contributed by atoms with van der Waals surface area (Å²) < 4.78 is 1.79. The van der Waals surface area contributed by atoms with Crippen LogP contribution >= 0.6 is 0 Å². The van der Waals surface area contributed by atoms with E-state index < -0.39 is 0 Å². The van der Waals surface area contributed by atoms with E-state index in [-0.39, 0.29) is 12.1 Å². The van der Waals surface area contributed by atoms with Crippen molar-refractivity contribution in [1.29, 1.82) is 0 Å². The molecule has 0 amide bonds. The fourth-order valence-electron chi connectivity index (χ4n) is 1.07. The fraction of sp³-hybridized carbons (Fsp3) is 0.625. The van der Waals surface area contributed by atoms with Gasteiger partial charge in [-0.05, 0) is 19.4 Å². The quantitative estimate of drug-likeness (QED) is 0.641. The van der Waals surface area contributed by atoms with E-state index in [0.29, 0.717) is 0 Å². The lowest BCUT2D eigenvalue weighted by Gasteiger charge is -2.25. The average Bonchev–Trinajstić information content (AvgIpc) is 2.57. The molecule has 0 saturated heterocycles. The largest absolute Gasteiger partial charge is 0.265 e. The maximum absolute atomic E-state index is 10.2. The normalized spacial score (nSPS) is 15.5. The van der Waals surface area contributed by atoms with E-state index in [2.05, 4.69) is 10.3 Å². The Hall–Kier alpha value is -1.19. The molecule has 0 spiro atoms. The highest BCUT2D eigenvalue weighted by atomic mass is 16.3. The van der Waals surface area contributed by atoms with Gasteiger partial charge in [0.05, 0.1) is 5.54 Å². The van der Waals surface area contributed by atoms with Crippen molar-refractivity contribution in [2.45, 2.75) is 25.8 Å². The molecule has 0 aromatic carbocycles. The van der Waals surface area contributed by atoms with Gasteiger partial charge in [0.25, 0.3) is 0 Å². The van der Waals surface area contributed by atoms with Crippen LogP contribution in [0, 0.1) is 4.91 Å². The van der Waals surface area contributed by atoms with E-state index in [1.54, 1.807) is 10.9 Å². The first-order valence-corrected chi connectivity index (χ1v) is 4.02. The Morgan fingerprint density at radius 1 is 1.67 bits per heavy atom. The highest BCUT2D eigenvalue weighted by Crippen LogP contribution is 2.18. The van der Waals surface area contributed by atoms with Gasteiger partial charge in [-0.1, -0.05) is 12.1 Å². The minimum absolute atomic E-state index is 0.259. The monoisotopic (exact) mass is 167 g/mol. The first-order valence-electron chi connectivity index (χ1n) is 4.02. The molecule has 0 bridgehead atoms. The van der Waals surface area contributed by atoms with Gasteiger partial charge in [0.15, 0.2) is 0 Å². The van der Waals surface area contributed by atoms with E-state index in [1.807, 2.05) is 26.1 Å². The van der Waals surface area contributed by atoms with Crippen LogP contribution in [0.15, 0.2) is 23.6 Å². The molecule has 4 heteroatoms. The number of nitroso groups, excluding NO2 is 1. The number of hydrogen-bond donors (Lipinski definition) is 0. The van der Waals surface area contributed by atoms with Gasteiger partial charge in [0.2, 0.25) is 0 Å². The molecule has 1 rings (SSSR count). The molecule has 0 saturated carbocycles. The Balaban J connectivity index is 2.87. The van der Waals surface area contributed by atoms with Crippen LogP contribution in [0.5, 0.6) is 0 Å². The highest BCUT2D eigenvalue weighted by Gasteiger charge is 2.24. The van der Waals surface area contributed by atoms with Crippen molar-refractivity contribution in [2.75, 3.05) is 6.54 Å². The minimum Gasteiger partial charge on any atom is -0.265 e. The van der Waals surface area contributed by atoms with Crippen molar-refractivity contribution >= 4 is 0 Å². The van der Waals surface area contributed by atoms with Crippen LogP contribution in [0.4, 0.5) is 0 Å². The average molecular weight is 167 g/mol. The van der Waals surface area contributed by atoms with Crippen molar-refractivity contribution in [2.24, 2.45) is 5.18 Å². The van der Waals surface area contributed by atoms with Crippen LogP contribution in [0.25, 0.3) is 0 Å². The zero-order chi connectivity index (χ0) is 9.03. The summed E-state index contributed by atoms with van der Waals surface area (Å²) in [4.78, 5) is 10.2. The number of rotatable bonds is 4. The van der Waals surface area contributed by atoms with Crippen molar-refractivity contribution in [3.05, 3.63) is 23.4 Å². The van der Waals surface area contributed by atoms with Crippen molar-refractivity contribution in [3.63, 3.8) is 0 Å². The third-order valence-corrected chi connectivity index (χ3v) is 2.22. The van der Waals surface area contributed by atoms with E-state index >= 15 is 0 Å². The van der Waals surface area contributed by atoms with Crippen LogP contribution in [0.1, 0.15) is 20.3 Å². The van der Waals surface area contributed by atoms with Crippen LogP contribution in [0.3, 0.4) is 0 Å². The molecular weight excluding hydrogens is 154 g/mol. The molecule has 0 aliphatic heterocycles. The molecule has 0 aliphatic carbocycles. The lowest BCUT2D eigenvalue weighted by atomic mass is 10.00. The number of aromatic nitrogens is 2. The van der Waals surface area contributed by atoms with E-state index in [0.717, 1.165) is 6.42 Å². The standard InChI is InChI=1S/C8H13N3O/c1-3-8(2,7-10-12)11-6-4-5-9-11/h4-6H,3,7H2,1-2H3. The van der Waals surface area contributed by atoms with Gasteiger partial charge < -0.3 is 0 Å². The predicted molar refractivity (Wildman–Crippen MR) is 46.8 cm³/mol. The van der Waals surface area contributed by atoms with Gasteiger partial charge in [-0.3, -0.25) is 4.68 Å². The van der Waals surface area contributed by atoms with Gasteiger partial charge >= 0.3 is 0 Å². The Kier molecular flexibility index (Phi) is 2.58. The van der Waals surface area contributed by atoms with Crippen molar-refractivity contribution in [1.82, 2.24) is 9.78 Å². The summed E-state index contributed by atoms with van der Waals surface area (Å²) in [7, 11) is 0. The summed E-state index contributed by atoms with van der Waals surface area (Å²) in [5.41, 5.74) is -0.259. The van der Waals surface area contributed by atoms with Gasteiger partial charge in [0.1, 0.15) is 6.54 Å². The molecule has 0 radical (unpaired) electrons. The molecule has 4 nitrogen and oxygen atoms in total. The van der Waals surface area contributed by atoms with E-state index in [9.17, 15) is 4.91 Å². The molecule has 1 aromatic rings. The predicted octanol–water partition coefficient (Wildman–Crippen LogP) is 1.77. The van der Waals surface area contributed by atoms with Gasteiger partial charge in [-0.25, -0.2) is 0 Å². The fourth-order valence-corrected chi connectivity index (χ4v) is 1.07. The van der Waals surface area contributed by atoms with Crippen LogP contribution in [-0.4, -0.2) is 16.3 Å². The summed E-state index contributed by atoms with van der Waals surface area (Å²) in [5, 5.41) is 7.02. The first kappa shape index (κ1) is 8.90. The maximum Gasteiger partial charge on any atom is 0.106 e. The van der Waals surface area contributed by atoms with Gasteiger partial charge in [-0.15, -0.1) is 0 Å². The molecule has 0 fully saturated rings. The van der Waals surface area contributed by atoms with Crippen LogP contribution < -0.4 is 0 Å². The Morgan fingerprint density at radius 2 is 2.42 bits per heavy atom. The number of nitrogens with zero attached hydrogens (tertiary/aromatic N) is 3. The zero-order valence-electron chi connectivity index (χ0n) is 7.40. The Bertz CT molecular complexity index is 245. The van der Waals surface area contributed by atoms with E-state index in [1.165, 1.54) is 0 Å². The molecule has 1 unspecified atom stereocenters. The van der Waals surface area contributed by atoms with E-state index in [4.69, 9.17) is 0 Å². The second-order valence-electron chi connectivity index (χ2n) is 3.09. The summed E-state index contributed by atoms with van der Waals surface area (Å²) in [6.07, 6.45) is 4.41. The van der Waals surface area contributed by atoms with Crippen LogP contribution in [0.2, 0.25) is 0 Å².